The number of allylic oxidation sites excluding steroid dienone is 5. The smallest absolute Gasteiger partial charge is 0.410 e. The number of nitrogens with one attached hydrogen (secondary N) is 2. The molecule has 0 saturated carbocycles. The Morgan fingerprint density at radius 3 is 1.23 bits per heavy atom. The molecule has 0 rings (SSSR count). The first-order chi connectivity index (χ1) is 21.2. The average molecular weight is 672 g/mol. The molecular formula is C37H73N3O7. The van der Waals surface area contributed by atoms with E-state index in [1.54, 1.807) is 20.8 Å². The molecule has 10 nitrogen and oxygen atoms in total. The molecule has 0 aromatic heterocycles. The van der Waals surface area contributed by atoms with Crippen molar-refractivity contribution in [1.82, 2.24) is 10.6 Å². The van der Waals surface area contributed by atoms with Gasteiger partial charge in [-0.3, -0.25) is 0 Å². The maximum Gasteiger partial charge on any atom is 0.410 e. The highest BCUT2D eigenvalue weighted by Crippen LogP contribution is 1.98. The lowest BCUT2D eigenvalue weighted by molar-refractivity contribution is 0.0250. The van der Waals surface area contributed by atoms with Crippen molar-refractivity contribution in [2.24, 2.45) is 10.9 Å². The van der Waals surface area contributed by atoms with Crippen LogP contribution in [0.5, 0.6) is 0 Å². The van der Waals surface area contributed by atoms with Crippen LogP contribution in [-0.2, 0) is 14.3 Å². The van der Waals surface area contributed by atoms with Gasteiger partial charge in [0.15, 0.2) is 0 Å². The van der Waals surface area contributed by atoms with Gasteiger partial charge in [-0.05, 0) is 52.4 Å². The standard InChI is InChI=1S/C11H18N2O4.3C6H12.C5H7NO.CH4O2.2CH4/c1-8(2)5-12-10(14)16-7-17-11(15)13-6-9(3)4;1-4-6(3)5-2;2*1-3-5-6-4-2;1-5(2)3-6-4-7;2-1-3;;/h1,3,5-7H2,2,4H3,(H,12,14)(H,13,15);4,6H,1,5H2,2-3H3;2*5-6H,3-4H2,1-2H3;1,3H2,2H3;2-3H,1H2;2*1H4/b;;6-5+;6-5-;;;;. The van der Waals surface area contributed by atoms with E-state index in [-0.39, 0.29) is 14.9 Å². The van der Waals surface area contributed by atoms with E-state index in [4.69, 9.17) is 10.2 Å². The summed E-state index contributed by atoms with van der Waals surface area (Å²) in [5, 5.41) is 19.1. The van der Waals surface area contributed by atoms with Gasteiger partial charge in [-0.2, -0.15) is 0 Å². The Morgan fingerprint density at radius 2 is 1.09 bits per heavy atom. The third kappa shape index (κ3) is 99.3. The van der Waals surface area contributed by atoms with Crippen molar-refractivity contribution >= 4 is 18.3 Å². The summed E-state index contributed by atoms with van der Waals surface area (Å²) in [6.07, 6.45) is 16.7. The summed E-state index contributed by atoms with van der Waals surface area (Å²) in [6.45, 7) is 32.4. The molecule has 1 atom stereocenters. The van der Waals surface area contributed by atoms with Crippen LogP contribution >= 0.6 is 0 Å². The number of isocyanates is 1. The fraction of sp³-hybridized carbons (Fsp3) is 0.595. The van der Waals surface area contributed by atoms with Crippen LogP contribution in [0.1, 0.15) is 109 Å². The van der Waals surface area contributed by atoms with Gasteiger partial charge in [0.2, 0.25) is 12.9 Å². The number of carbonyl (C=O) groups excluding carboxylic acids is 3. The van der Waals surface area contributed by atoms with Crippen LogP contribution < -0.4 is 10.6 Å². The second kappa shape index (κ2) is 57.9. The summed E-state index contributed by atoms with van der Waals surface area (Å²) >= 11 is 0. The molecule has 0 radical (unpaired) electrons. The topological polar surface area (TPSA) is 147 Å². The maximum atomic E-state index is 11.0. The van der Waals surface area contributed by atoms with Crippen LogP contribution in [0.4, 0.5) is 9.59 Å². The van der Waals surface area contributed by atoms with Crippen LogP contribution in [0.3, 0.4) is 0 Å². The number of nitrogens with zero attached hydrogens (tertiary/aromatic N) is 1. The minimum Gasteiger partial charge on any atom is -0.412 e. The molecule has 0 fully saturated rings. The number of aliphatic imine (C=N–C) groups is 1. The summed E-state index contributed by atoms with van der Waals surface area (Å²) in [5.74, 6) is 0.699. The first-order valence-electron chi connectivity index (χ1n) is 15.2. The van der Waals surface area contributed by atoms with Crippen molar-refractivity contribution in [1.29, 1.82) is 0 Å². The number of alkyl carbamates (subject to hydrolysis) is 2. The summed E-state index contributed by atoms with van der Waals surface area (Å²) in [4.78, 5) is 34.6. The highest BCUT2D eigenvalue weighted by atomic mass is 16.7. The quantitative estimate of drug-likeness (QED) is 0.0622. The summed E-state index contributed by atoms with van der Waals surface area (Å²) in [6, 6.07) is 0. The molecule has 278 valence electrons. The zero-order valence-corrected chi connectivity index (χ0v) is 29.7. The second-order valence-corrected chi connectivity index (χ2v) is 9.31. The highest BCUT2D eigenvalue weighted by molar-refractivity contribution is 5.69. The molecule has 2 amide bonds. The molecule has 0 aromatic carbocycles. The fourth-order valence-electron chi connectivity index (χ4n) is 1.69. The third-order valence-electron chi connectivity index (χ3n) is 4.19. The van der Waals surface area contributed by atoms with Gasteiger partial charge in [0.25, 0.3) is 0 Å². The van der Waals surface area contributed by atoms with Crippen LogP contribution in [-0.4, -0.2) is 61.7 Å². The van der Waals surface area contributed by atoms with Gasteiger partial charge in [0.1, 0.15) is 6.79 Å². The highest BCUT2D eigenvalue weighted by Gasteiger charge is 2.04. The van der Waals surface area contributed by atoms with Crippen LogP contribution in [0.25, 0.3) is 0 Å². The monoisotopic (exact) mass is 672 g/mol. The minimum absolute atomic E-state index is 0. The van der Waals surface area contributed by atoms with Gasteiger partial charge < -0.3 is 30.3 Å². The summed E-state index contributed by atoms with van der Waals surface area (Å²) in [5.41, 5.74) is 2.47. The molecule has 1 unspecified atom stereocenters. The van der Waals surface area contributed by atoms with E-state index in [0.717, 1.165) is 16.7 Å². The average Bonchev–Trinajstić information content (AvgIpc) is 3.00. The van der Waals surface area contributed by atoms with Crippen LogP contribution in [0, 0.1) is 5.92 Å². The van der Waals surface area contributed by atoms with Gasteiger partial charge >= 0.3 is 12.2 Å². The van der Waals surface area contributed by atoms with Gasteiger partial charge in [-0.1, -0.05) is 130 Å². The van der Waals surface area contributed by atoms with E-state index < -0.39 is 25.8 Å². The van der Waals surface area contributed by atoms with Crippen molar-refractivity contribution in [3.8, 4) is 0 Å². The molecule has 0 saturated heterocycles. The number of aliphatic hydroxyl groups is 2. The minimum atomic E-state index is -0.750. The first kappa shape index (κ1) is 62.2. The number of amides is 2. The van der Waals surface area contributed by atoms with Crippen molar-refractivity contribution in [2.75, 3.05) is 33.2 Å². The molecule has 0 spiro atoms. The number of hydrogen-bond donors (Lipinski definition) is 4. The van der Waals surface area contributed by atoms with E-state index in [9.17, 15) is 14.4 Å². The Morgan fingerprint density at radius 1 is 0.766 bits per heavy atom. The van der Waals surface area contributed by atoms with Crippen LogP contribution in [0.2, 0.25) is 0 Å². The normalized spacial score (nSPS) is 9.09. The number of ether oxygens (including phenoxy) is 2. The van der Waals surface area contributed by atoms with Gasteiger partial charge in [0, 0.05) is 13.1 Å². The van der Waals surface area contributed by atoms with Gasteiger partial charge in [0.05, 0.1) is 6.54 Å². The Bertz CT molecular complexity index is 776. The maximum absolute atomic E-state index is 11.0. The number of aliphatic hydroxyl groups excluding tert-OH is 1. The Hall–Kier alpha value is -3.72. The molecule has 0 aliphatic rings. The van der Waals surface area contributed by atoms with Crippen molar-refractivity contribution in [3.05, 3.63) is 73.4 Å². The van der Waals surface area contributed by atoms with Crippen molar-refractivity contribution < 1.29 is 34.1 Å². The zero-order chi connectivity index (χ0) is 36.3. The molecule has 47 heavy (non-hydrogen) atoms. The molecular weight excluding hydrogens is 598 g/mol. The molecule has 0 aromatic rings. The van der Waals surface area contributed by atoms with Crippen molar-refractivity contribution in [3.63, 3.8) is 0 Å². The van der Waals surface area contributed by atoms with E-state index in [0.29, 0.717) is 25.6 Å². The summed E-state index contributed by atoms with van der Waals surface area (Å²) < 4.78 is 9.15. The van der Waals surface area contributed by atoms with E-state index in [2.05, 4.69) is 117 Å². The molecule has 0 heterocycles. The Kier molecular flexibility index (Phi) is 76.6. The van der Waals surface area contributed by atoms with E-state index >= 15 is 0 Å². The van der Waals surface area contributed by atoms with E-state index in [1.807, 2.05) is 6.08 Å². The third-order valence-corrected chi connectivity index (χ3v) is 4.19. The SMILES string of the molecule is C.C.C=C(C)CN=C=O.C=C(C)CNC(=O)OCOC(=O)NCC(=C)C.C=CC(C)CC.CC/C=C/CC.CC/C=C\CC.OCO. The van der Waals surface area contributed by atoms with E-state index in [1.165, 1.54) is 38.2 Å². The Balaban J connectivity index is -0.0000000712. The number of hydrogen-bond acceptors (Lipinski definition) is 8. The lowest BCUT2D eigenvalue weighted by Gasteiger charge is -2.08. The first-order valence-corrected chi connectivity index (χ1v) is 15.2. The lowest BCUT2D eigenvalue weighted by Crippen LogP contribution is -2.30. The number of rotatable bonds is 14. The van der Waals surface area contributed by atoms with Gasteiger partial charge in [-0.25, -0.2) is 19.4 Å². The van der Waals surface area contributed by atoms with Gasteiger partial charge in [-0.15, -0.1) is 6.58 Å². The van der Waals surface area contributed by atoms with Crippen LogP contribution in [0.15, 0.2) is 78.4 Å². The fourth-order valence-corrected chi connectivity index (χ4v) is 1.69. The zero-order valence-electron chi connectivity index (χ0n) is 29.7. The Labute approximate surface area is 289 Å². The molecule has 0 aliphatic heterocycles. The second-order valence-electron chi connectivity index (χ2n) is 9.31. The molecule has 0 aliphatic carbocycles. The molecule has 4 N–H and O–H groups in total. The molecule has 0 bridgehead atoms. The van der Waals surface area contributed by atoms with Crippen molar-refractivity contribution in [2.45, 2.75) is 109 Å². The predicted octanol–water partition coefficient (Wildman–Crippen LogP) is 9.59. The lowest BCUT2D eigenvalue weighted by atomic mass is 10.1. The largest absolute Gasteiger partial charge is 0.412 e. The number of carbonyl (C=O) groups is 2. The molecule has 10 heteroatoms. The summed E-state index contributed by atoms with van der Waals surface area (Å²) in [7, 11) is 0. The predicted molar refractivity (Wildman–Crippen MR) is 203 cm³/mol.